The van der Waals surface area contributed by atoms with Crippen molar-refractivity contribution in [3.05, 3.63) is 30.1 Å². The smallest absolute Gasteiger partial charge is 0.0541 e. The molecule has 0 unspecified atom stereocenters. The minimum absolute atomic E-state index is 0.899. The molecule has 0 aliphatic carbocycles. The molecular formula is C15H26N2. The fourth-order valence-corrected chi connectivity index (χ4v) is 1.93. The topological polar surface area (TPSA) is 24.9 Å². The third-order valence-electron chi connectivity index (χ3n) is 2.99. The SMILES string of the molecule is CCCCCCCCCNCc1ccccn1. The van der Waals surface area contributed by atoms with Crippen molar-refractivity contribution in [3.8, 4) is 0 Å². The number of rotatable bonds is 10. The molecule has 0 fully saturated rings. The fraction of sp³-hybridized carbons (Fsp3) is 0.667. The van der Waals surface area contributed by atoms with Gasteiger partial charge in [0.05, 0.1) is 5.69 Å². The van der Waals surface area contributed by atoms with Gasteiger partial charge in [0.2, 0.25) is 0 Å². The van der Waals surface area contributed by atoms with Crippen LogP contribution in [0.2, 0.25) is 0 Å². The summed E-state index contributed by atoms with van der Waals surface area (Å²) in [4.78, 5) is 4.28. The van der Waals surface area contributed by atoms with Gasteiger partial charge in [-0.1, -0.05) is 51.5 Å². The van der Waals surface area contributed by atoms with Gasteiger partial charge in [-0.3, -0.25) is 4.98 Å². The molecule has 0 aliphatic heterocycles. The van der Waals surface area contributed by atoms with Crippen molar-refractivity contribution < 1.29 is 0 Å². The minimum atomic E-state index is 0.899. The largest absolute Gasteiger partial charge is 0.311 e. The van der Waals surface area contributed by atoms with Crippen molar-refractivity contribution in [2.75, 3.05) is 6.54 Å². The molecule has 0 aliphatic rings. The van der Waals surface area contributed by atoms with Crippen LogP contribution in [0.15, 0.2) is 24.4 Å². The van der Waals surface area contributed by atoms with Gasteiger partial charge in [0.15, 0.2) is 0 Å². The predicted octanol–water partition coefficient (Wildman–Crippen LogP) is 3.92. The lowest BCUT2D eigenvalue weighted by molar-refractivity contribution is 0.560. The van der Waals surface area contributed by atoms with Crippen molar-refractivity contribution in [3.63, 3.8) is 0 Å². The Kier molecular flexibility index (Phi) is 8.57. The first-order valence-electron chi connectivity index (χ1n) is 7.04. The maximum Gasteiger partial charge on any atom is 0.0541 e. The van der Waals surface area contributed by atoms with Gasteiger partial charge in [-0.05, 0) is 25.1 Å². The molecule has 0 saturated heterocycles. The fourth-order valence-electron chi connectivity index (χ4n) is 1.93. The molecule has 1 rings (SSSR count). The van der Waals surface area contributed by atoms with E-state index >= 15 is 0 Å². The van der Waals surface area contributed by atoms with Gasteiger partial charge < -0.3 is 5.32 Å². The van der Waals surface area contributed by atoms with Crippen LogP contribution in [0, 0.1) is 0 Å². The third-order valence-corrected chi connectivity index (χ3v) is 2.99. The summed E-state index contributed by atoms with van der Waals surface area (Å²) >= 11 is 0. The van der Waals surface area contributed by atoms with Gasteiger partial charge in [0, 0.05) is 12.7 Å². The van der Waals surface area contributed by atoms with Crippen molar-refractivity contribution in [2.45, 2.75) is 58.4 Å². The summed E-state index contributed by atoms with van der Waals surface area (Å²) in [5.74, 6) is 0. The van der Waals surface area contributed by atoms with Crippen molar-refractivity contribution in [2.24, 2.45) is 0 Å². The zero-order valence-electron chi connectivity index (χ0n) is 11.1. The van der Waals surface area contributed by atoms with Crippen LogP contribution in [0.5, 0.6) is 0 Å². The Morgan fingerprint density at radius 3 is 2.47 bits per heavy atom. The highest BCUT2D eigenvalue weighted by Gasteiger charge is 1.93. The number of nitrogens with one attached hydrogen (secondary N) is 1. The van der Waals surface area contributed by atoms with E-state index in [-0.39, 0.29) is 0 Å². The summed E-state index contributed by atoms with van der Waals surface area (Å²) < 4.78 is 0. The van der Waals surface area contributed by atoms with E-state index in [1.165, 1.54) is 44.9 Å². The number of aromatic nitrogens is 1. The van der Waals surface area contributed by atoms with Gasteiger partial charge in [0.1, 0.15) is 0 Å². The zero-order chi connectivity index (χ0) is 12.2. The number of hydrogen-bond acceptors (Lipinski definition) is 2. The molecule has 1 aromatic heterocycles. The van der Waals surface area contributed by atoms with Crippen LogP contribution in [0.4, 0.5) is 0 Å². The van der Waals surface area contributed by atoms with Crippen LogP contribution in [0.1, 0.15) is 57.6 Å². The molecule has 17 heavy (non-hydrogen) atoms. The van der Waals surface area contributed by atoms with Crippen LogP contribution in [-0.4, -0.2) is 11.5 Å². The molecule has 1 aromatic rings. The number of unbranched alkanes of at least 4 members (excludes halogenated alkanes) is 6. The predicted molar refractivity (Wildman–Crippen MR) is 73.9 cm³/mol. The molecule has 0 bridgehead atoms. The van der Waals surface area contributed by atoms with Gasteiger partial charge in [-0.25, -0.2) is 0 Å². The number of nitrogens with zero attached hydrogens (tertiary/aromatic N) is 1. The lowest BCUT2D eigenvalue weighted by atomic mass is 10.1. The molecule has 1 N–H and O–H groups in total. The van der Waals surface area contributed by atoms with Crippen LogP contribution >= 0.6 is 0 Å². The lowest BCUT2D eigenvalue weighted by Crippen LogP contribution is -2.15. The molecule has 0 saturated carbocycles. The Bertz CT molecular complexity index is 259. The maximum absolute atomic E-state index is 4.28. The van der Waals surface area contributed by atoms with Gasteiger partial charge in [-0.2, -0.15) is 0 Å². The Labute approximate surface area is 106 Å². The zero-order valence-corrected chi connectivity index (χ0v) is 11.1. The second kappa shape index (κ2) is 10.3. The summed E-state index contributed by atoms with van der Waals surface area (Å²) in [5.41, 5.74) is 1.13. The highest BCUT2D eigenvalue weighted by molar-refractivity contribution is 5.02. The van der Waals surface area contributed by atoms with E-state index in [9.17, 15) is 0 Å². The Morgan fingerprint density at radius 1 is 1.00 bits per heavy atom. The van der Waals surface area contributed by atoms with Crippen LogP contribution in [-0.2, 0) is 6.54 Å². The van der Waals surface area contributed by atoms with Crippen LogP contribution in [0.3, 0.4) is 0 Å². The Hall–Kier alpha value is -0.890. The Morgan fingerprint density at radius 2 is 1.76 bits per heavy atom. The van der Waals surface area contributed by atoms with E-state index in [4.69, 9.17) is 0 Å². The average Bonchev–Trinajstić information content (AvgIpc) is 2.38. The van der Waals surface area contributed by atoms with E-state index in [2.05, 4.69) is 23.3 Å². The molecule has 2 nitrogen and oxygen atoms in total. The first-order valence-corrected chi connectivity index (χ1v) is 7.04. The molecule has 1 heterocycles. The molecule has 0 amide bonds. The normalized spacial score (nSPS) is 10.6. The molecule has 96 valence electrons. The summed E-state index contributed by atoms with van der Waals surface area (Å²) in [6.07, 6.45) is 11.5. The molecule has 0 aromatic carbocycles. The second-order valence-electron chi connectivity index (χ2n) is 4.62. The molecule has 0 radical (unpaired) electrons. The first kappa shape index (κ1) is 14.2. The molecular weight excluding hydrogens is 208 g/mol. The maximum atomic E-state index is 4.28. The monoisotopic (exact) mass is 234 g/mol. The minimum Gasteiger partial charge on any atom is -0.311 e. The van der Waals surface area contributed by atoms with Crippen molar-refractivity contribution >= 4 is 0 Å². The lowest BCUT2D eigenvalue weighted by Gasteiger charge is -2.04. The molecule has 0 spiro atoms. The summed E-state index contributed by atoms with van der Waals surface area (Å²) in [6, 6.07) is 6.06. The van der Waals surface area contributed by atoms with Gasteiger partial charge in [-0.15, -0.1) is 0 Å². The third kappa shape index (κ3) is 7.92. The number of pyridine rings is 1. The quantitative estimate of drug-likeness (QED) is 0.621. The first-order chi connectivity index (χ1) is 8.43. The van der Waals surface area contributed by atoms with E-state index in [0.717, 1.165) is 18.8 Å². The van der Waals surface area contributed by atoms with E-state index in [1.54, 1.807) is 0 Å². The summed E-state index contributed by atoms with van der Waals surface area (Å²) in [6.45, 7) is 4.28. The number of hydrogen-bond donors (Lipinski definition) is 1. The van der Waals surface area contributed by atoms with Gasteiger partial charge in [0.25, 0.3) is 0 Å². The average molecular weight is 234 g/mol. The van der Waals surface area contributed by atoms with E-state index in [0.29, 0.717) is 0 Å². The van der Waals surface area contributed by atoms with Crippen LogP contribution < -0.4 is 5.32 Å². The standard InChI is InChI=1S/C15H26N2/c1-2-3-4-5-6-7-9-12-16-14-15-11-8-10-13-17-15/h8,10-11,13,16H,2-7,9,12,14H2,1H3. The molecule has 0 atom stereocenters. The highest BCUT2D eigenvalue weighted by atomic mass is 14.9. The molecule has 2 heteroatoms. The summed E-state index contributed by atoms with van der Waals surface area (Å²) in [5, 5.41) is 3.44. The van der Waals surface area contributed by atoms with Crippen LogP contribution in [0.25, 0.3) is 0 Å². The van der Waals surface area contributed by atoms with E-state index < -0.39 is 0 Å². The highest BCUT2D eigenvalue weighted by Crippen LogP contribution is 2.06. The second-order valence-corrected chi connectivity index (χ2v) is 4.62. The summed E-state index contributed by atoms with van der Waals surface area (Å²) in [7, 11) is 0. The van der Waals surface area contributed by atoms with E-state index in [1.807, 2.05) is 18.3 Å². The van der Waals surface area contributed by atoms with Gasteiger partial charge >= 0.3 is 0 Å². The van der Waals surface area contributed by atoms with Crippen molar-refractivity contribution in [1.82, 2.24) is 10.3 Å². The Balaban J connectivity index is 1.85. The van der Waals surface area contributed by atoms with Crippen molar-refractivity contribution in [1.29, 1.82) is 0 Å².